The van der Waals surface area contributed by atoms with Gasteiger partial charge in [-0.2, -0.15) is 0 Å². The Kier molecular flexibility index (Phi) is 4.91. The average molecular weight is 355 g/mol. The minimum Gasteiger partial charge on any atom is -0.497 e. The van der Waals surface area contributed by atoms with Gasteiger partial charge < -0.3 is 9.64 Å². The molecule has 0 saturated heterocycles. The molecule has 0 saturated carbocycles. The van der Waals surface area contributed by atoms with E-state index in [1.807, 2.05) is 55.5 Å². The molecule has 25 heavy (non-hydrogen) atoms. The molecule has 0 atom stereocenters. The zero-order valence-corrected chi connectivity index (χ0v) is 15.2. The third kappa shape index (κ3) is 3.74. The summed E-state index contributed by atoms with van der Waals surface area (Å²) in [5, 5.41) is 1.57. The molecule has 1 heterocycles. The fraction of sp³-hybridized carbons (Fsp3) is 0.200. The number of hydrogen-bond acceptors (Lipinski definition) is 3. The summed E-state index contributed by atoms with van der Waals surface area (Å²) in [5.41, 5.74) is 3.09. The second kappa shape index (κ2) is 7.11. The summed E-state index contributed by atoms with van der Waals surface area (Å²) in [6, 6.07) is 15.0. The number of carbonyl (C=O) groups is 1. The fourth-order valence-electron chi connectivity index (χ4n) is 2.77. The summed E-state index contributed by atoms with van der Waals surface area (Å²) in [4.78, 5) is 19.1. The first-order valence-electron chi connectivity index (χ1n) is 7.93. The van der Waals surface area contributed by atoms with E-state index >= 15 is 0 Å². The van der Waals surface area contributed by atoms with E-state index < -0.39 is 0 Å². The van der Waals surface area contributed by atoms with Crippen LogP contribution in [0.1, 0.15) is 21.6 Å². The molecule has 128 valence electrons. The highest BCUT2D eigenvalue weighted by atomic mass is 35.5. The predicted octanol–water partition coefficient (Wildman–Crippen LogP) is 4.48. The van der Waals surface area contributed by atoms with Gasteiger partial charge in [-0.15, -0.1) is 0 Å². The maximum absolute atomic E-state index is 12.8. The van der Waals surface area contributed by atoms with Crippen molar-refractivity contribution < 1.29 is 9.53 Å². The molecule has 4 nitrogen and oxygen atoms in total. The van der Waals surface area contributed by atoms with E-state index in [9.17, 15) is 4.79 Å². The molecule has 0 aliphatic heterocycles. The Morgan fingerprint density at radius 1 is 1.20 bits per heavy atom. The minimum atomic E-state index is -0.0670. The van der Waals surface area contributed by atoms with Gasteiger partial charge in [-0.05, 0) is 42.8 Å². The van der Waals surface area contributed by atoms with E-state index in [1.54, 1.807) is 19.1 Å². The van der Waals surface area contributed by atoms with Crippen molar-refractivity contribution in [3.8, 4) is 5.75 Å². The lowest BCUT2D eigenvalue weighted by atomic mass is 10.1. The SMILES string of the molecule is COc1ccc2cc(C(=O)N(C)Cc3cccc(Cl)c3)c(C)nc2c1. The average Bonchev–Trinajstić information content (AvgIpc) is 2.60. The third-order valence-corrected chi connectivity index (χ3v) is 4.34. The van der Waals surface area contributed by atoms with E-state index in [-0.39, 0.29) is 5.91 Å². The summed E-state index contributed by atoms with van der Waals surface area (Å²) in [6.45, 7) is 2.33. The predicted molar refractivity (Wildman–Crippen MR) is 100 cm³/mol. The van der Waals surface area contributed by atoms with Gasteiger partial charge >= 0.3 is 0 Å². The van der Waals surface area contributed by atoms with Gasteiger partial charge in [0, 0.05) is 30.1 Å². The van der Waals surface area contributed by atoms with Crippen molar-refractivity contribution in [1.29, 1.82) is 0 Å². The summed E-state index contributed by atoms with van der Waals surface area (Å²) in [7, 11) is 3.40. The molecule has 0 radical (unpaired) electrons. The van der Waals surface area contributed by atoms with E-state index in [4.69, 9.17) is 16.3 Å². The summed E-state index contributed by atoms with van der Waals surface area (Å²) in [5.74, 6) is 0.680. The van der Waals surface area contributed by atoms with Crippen LogP contribution in [0.4, 0.5) is 0 Å². The van der Waals surface area contributed by atoms with Crippen LogP contribution in [-0.4, -0.2) is 29.9 Å². The maximum Gasteiger partial charge on any atom is 0.255 e. The number of rotatable bonds is 4. The van der Waals surface area contributed by atoms with Crippen LogP contribution >= 0.6 is 11.6 Å². The summed E-state index contributed by atoms with van der Waals surface area (Å²) >= 11 is 6.02. The van der Waals surface area contributed by atoms with Gasteiger partial charge in [0.05, 0.1) is 23.9 Å². The Morgan fingerprint density at radius 2 is 2.00 bits per heavy atom. The Morgan fingerprint density at radius 3 is 2.72 bits per heavy atom. The van der Waals surface area contributed by atoms with Crippen LogP contribution in [0.25, 0.3) is 10.9 Å². The van der Waals surface area contributed by atoms with Crippen molar-refractivity contribution in [2.75, 3.05) is 14.2 Å². The zero-order chi connectivity index (χ0) is 18.0. The van der Waals surface area contributed by atoms with Crippen LogP contribution in [0.3, 0.4) is 0 Å². The lowest BCUT2D eigenvalue weighted by molar-refractivity contribution is 0.0784. The number of ether oxygens (including phenoxy) is 1. The van der Waals surface area contributed by atoms with Crippen LogP contribution in [0, 0.1) is 6.92 Å². The number of methoxy groups -OCH3 is 1. The first-order valence-corrected chi connectivity index (χ1v) is 8.31. The highest BCUT2D eigenvalue weighted by Crippen LogP contribution is 2.23. The van der Waals surface area contributed by atoms with Crippen molar-refractivity contribution in [1.82, 2.24) is 9.88 Å². The number of aryl methyl sites for hydroxylation is 1. The quantitative estimate of drug-likeness (QED) is 0.693. The molecule has 3 aromatic rings. The number of pyridine rings is 1. The van der Waals surface area contributed by atoms with Crippen LogP contribution in [0.15, 0.2) is 48.5 Å². The van der Waals surface area contributed by atoms with Gasteiger partial charge in [-0.3, -0.25) is 9.78 Å². The molecule has 0 fully saturated rings. The smallest absolute Gasteiger partial charge is 0.255 e. The van der Waals surface area contributed by atoms with Crippen molar-refractivity contribution in [3.05, 3.63) is 70.4 Å². The van der Waals surface area contributed by atoms with Crippen LogP contribution in [0.2, 0.25) is 5.02 Å². The fourth-order valence-corrected chi connectivity index (χ4v) is 2.99. The zero-order valence-electron chi connectivity index (χ0n) is 14.4. The van der Waals surface area contributed by atoms with Crippen molar-refractivity contribution in [2.45, 2.75) is 13.5 Å². The molecule has 5 heteroatoms. The normalized spacial score (nSPS) is 10.7. The number of aromatic nitrogens is 1. The van der Waals surface area contributed by atoms with Gasteiger partial charge in [0.2, 0.25) is 0 Å². The first kappa shape index (κ1) is 17.2. The lowest BCUT2D eigenvalue weighted by Crippen LogP contribution is -2.27. The molecule has 2 aromatic carbocycles. The van der Waals surface area contributed by atoms with Gasteiger partial charge in [0.15, 0.2) is 0 Å². The highest BCUT2D eigenvalue weighted by molar-refractivity contribution is 6.30. The van der Waals surface area contributed by atoms with Crippen LogP contribution < -0.4 is 4.74 Å². The number of benzene rings is 2. The van der Waals surface area contributed by atoms with E-state index in [0.717, 1.165) is 22.2 Å². The van der Waals surface area contributed by atoms with Crippen LogP contribution in [-0.2, 0) is 6.54 Å². The van der Waals surface area contributed by atoms with Crippen LogP contribution in [0.5, 0.6) is 5.75 Å². The number of amides is 1. The summed E-state index contributed by atoms with van der Waals surface area (Å²) < 4.78 is 5.23. The van der Waals surface area contributed by atoms with Crippen molar-refractivity contribution >= 4 is 28.4 Å². The largest absolute Gasteiger partial charge is 0.497 e. The maximum atomic E-state index is 12.8. The summed E-state index contributed by atoms with van der Waals surface area (Å²) in [6.07, 6.45) is 0. The Balaban J connectivity index is 1.89. The number of carbonyl (C=O) groups excluding carboxylic acids is 1. The van der Waals surface area contributed by atoms with E-state index in [0.29, 0.717) is 22.8 Å². The number of halogens is 1. The molecule has 1 amide bonds. The third-order valence-electron chi connectivity index (χ3n) is 4.10. The van der Waals surface area contributed by atoms with Gasteiger partial charge in [0.1, 0.15) is 5.75 Å². The molecule has 0 aliphatic rings. The Labute approximate surface area is 152 Å². The van der Waals surface area contributed by atoms with Gasteiger partial charge in [-0.1, -0.05) is 23.7 Å². The minimum absolute atomic E-state index is 0.0670. The highest BCUT2D eigenvalue weighted by Gasteiger charge is 2.16. The lowest BCUT2D eigenvalue weighted by Gasteiger charge is -2.19. The van der Waals surface area contributed by atoms with Gasteiger partial charge in [-0.25, -0.2) is 0 Å². The van der Waals surface area contributed by atoms with Crippen molar-refractivity contribution in [2.24, 2.45) is 0 Å². The Hall–Kier alpha value is -2.59. The molecule has 0 spiro atoms. The topological polar surface area (TPSA) is 42.4 Å². The van der Waals surface area contributed by atoms with E-state index in [1.165, 1.54) is 0 Å². The standard InChI is InChI=1S/C20H19ClN2O2/c1-13-18(10-15-7-8-17(25-3)11-19(15)22-13)20(24)23(2)12-14-5-4-6-16(21)9-14/h4-11H,12H2,1-3H3. The Bertz CT molecular complexity index is 940. The number of hydrogen-bond donors (Lipinski definition) is 0. The molecular weight excluding hydrogens is 336 g/mol. The molecule has 0 bridgehead atoms. The molecule has 3 rings (SSSR count). The molecule has 1 aromatic heterocycles. The first-order chi connectivity index (χ1) is 12.0. The molecule has 0 aliphatic carbocycles. The molecule has 0 unspecified atom stereocenters. The van der Waals surface area contributed by atoms with E-state index in [2.05, 4.69) is 4.98 Å². The van der Waals surface area contributed by atoms with Crippen molar-refractivity contribution in [3.63, 3.8) is 0 Å². The monoisotopic (exact) mass is 354 g/mol. The molecule has 0 N–H and O–H groups in total. The number of nitrogens with zero attached hydrogens (tertiary/aromatic N) is 2. The van der Waals surface area contributed by atoms with Gasteiger partial charge in [0.25, 0.3) is 5.91 Å². The number of fused-ring (bicyclic) bond motifs is 1. The second-order valence-electron chi connectivity index (χ2n) is 5.97. The molecular formula is C20H19ClN2O2. The second-order valence-corrected chi connectivity index (χ2v) is 6.41.